The van der Waals surface area contributed by atoms with E-state index in [2.05, 4.69) is 4.72 Å². The SMILES string of the molecule is O=C(Cl)/C=C/c1cccc(S(=O)(=O)NCc2ccc3c(c2)OCO3)c1. The predicted molar refractivity (Wildman–Crippen MR) is 92.9 cm³/mol. The van der Waals surface area contributed by atoms with Crippen molar-refractivity contribution in [1.29, 1.82) is 0 Å². The number of nitrogens with one attached hydrogen (secondary N) is 1. The maximum atomic E-state index is 12.4. The van der Waals surface area contributed by atoms with Gasteiger partial charge in [-0.15, -0.1) is 0 Å². The van der Waals surface area contributed by atoms with E-state index in [1.54, 1.807) is 30.3 Å². The maximum absolute atomic E-state index is 12.4. The Morgan fingerprint density at radius 2 is 1.96 bits per heavy atom. The van der Waals surface area contributed by atoms with Crippen LogP contribution in [0.1, 0.15) is 11.1 Å². The summed E-state index contributed by atoms with van der Waals surface area (Å²) in [5, 5.41) is -0.630. The number of rotatable bonds is 6. The first-order valence-electron chi connectivity index (χ1n) is 7.30. The molecule has 0 unspecified atom stereocenters. The lowest BCUT2D eigenvalue weighted by atomic mass is 10.2. The van der Waals surface area contributed by atoms with Crippen molar-refractivity contribution in [1.82, 2.24) is 4.72 Å². The van der Waals surface area contributed by atoms with Gasteiger partial charge in [0, 0.05) is 6.54 Å². The van der Waals surface area contributed by atoms with E-state index in [0.29, 0.717) is 17.1 Å². The van der Waals surface area contributed by atoms with E-state index in [1.165, 1.54) is 18.2 Å². The normalized spacial score (nSPS) is 13.3. The third-order valence-corrected chi connectivity index (χ3v) is 5.00. The maximum Gasteiger partial charge on any atom is 0.245 e. The first kappa shape index (κ1) is 17.5. The molecule has 0 aliphatic carbocycles. The van der Waals surface area contributed by atoms with Crippen LogP contribution < -0.4 is 14.2 Å². The van der Waals surface area contributed by atoms with Gasteiger partial charge in [-0.2, -0.15) is 0 Å². The lowest BCUT2D eigenvalue weighted by Gasteiger charge is -2.08. The molecule has 8 heteroatoms. The highest BCUT2D eigenvalue weighted by atomic mass is 35.5. The average Bonchev–Trinajstić information content (AvgIpc) is 3.06. The summed E-state index contributed by atoms with van der Waals surface area (Å²) in [6, 6.07) is 11.4. The van der Waals surface area contributed by atoms with Gasteiger partial charge in [0.1, 0.15) is 0 Å². The summed E-state index contributed by atoms with van der Waals surface area (Å²) in [6.45, 7) is 0.273. The van der Waals surface area contributed by atoms with Gasteiger partial charge >= 0.3 is 0 Å². The quantitative estimate of drug-likeness (QED) is 0.616. The first-order valence-corrected chi connectivity index (χ1v) is 9.16. The Hall–Kier alpha value is -2.35. The van der Waals surface area contributed by atoms with Gasteiger partial charge in [-0.1, -0.05) is 24.3 Å². The molecule has 0 bridgehead atoms. The molecule has 3 rings (SSSR count). The molecule has 25 heavy (non-hydrogen) atoms. The molecule has 1 aliphatic heterocycles. The molecule has 0 saturated heterocycles. The van der Waals surface area contributed by atoms with Gasteiger partial charge in [0.15, 0.2) is 11.5 Å². The third kappa shape index (κ3) is 4.39. The number of benzene rings is 2. The van der Waals surface area contributed by atoms with E-state index < -0.39 is 15.3 Å². The molecule has 130 valence electrons. The fourth-order valence-corrected chi connectivity index (χ4v) is 3.40. The zero-order valence-electron chi connectivity index (χ0n) is 12.9. The van der Waals surface area contributed by atoms with Crippen LogP contribution in [0.15, 0.2) is 53.4 Å². The van der Waals surface area contributed by atoms with Crippen molar-refractivity contribution in [2.75, 3.05) is 6.79 Å². The summed E-state index contributed by atoms with van der Waals surface area (Å²) in [6.07, 6.45) is 2.61. The molecule has 0 saturated carbocycles. The number of allylic oxidation sites excluding steroid dienone is 1. The molecule has 1 heterocycles. The number of hydrogen-bond acceptors (Lipinski definition) is 5. The third-order valence-electron chi connectivity index (χ3n) is 3.48. The molecule has 2 aromatic rings. The molecule has 0 fully saturated rings. The van der Waals surface area contributed by atoms with E-state index in [9.17, 15) is 13.2 Å². The second-order valence-corrected chi connectivity index (χ2v) is 7.36. The number of sulfonamides is 1. The van der Waals surface area contributed by atoms with Crippen LogP contribution in [0.25, 0.3) is 6.08 Å². The van der Waals surface area contributed by atoms with Gasteiger partial charge in [0.25, 0.3) is 0 Å². The molecular weight excluding hydrogens is 366 g/mol. The van der Waals surface area contributed by atoms with E-state index in [0.717, 1.165) is 11.6 Å². The largest absolute Gasteiger partial charge is 0.454 e. The van der Waals surface area contributed by atoms with E-state index in [4.69, 9.17) is 21.1 Å². The van der Waals surface area contributed by atoms with Crippen molar-refractivity contribution >= 4 is 32.9 Å². The van der Waals surface area contributed by atoms with Crippen LogP contribution in [0, 0.1) is 0 Å². The number of halogens is 1. The smallest absolute Gasteiger partial charge is 0.245 e. The predicted octanol–water partition coefficient (Wildman–Crippen LogP) is 2.67. The van der Waals surface area contributed by atoms with Crippen LogP contribution in [0.5, 0.6) is 11.5 Å². The lowest BCUT2D eigenvalue weighted by Crippen LogP contribution is -2.23. The molecule has 0 aromatic heterocycles. The molecule has 6 nitrogen and oxygen atoms in total. The molecule has 1 aliphatic rings. The second kappa shape index (κ2) is 7.26. The minimum Gasteiger partial charge on any atom is -0.454 e. The van der Waals surface area contributed by atoms with Crippen molar-refractivity contribution in [2.45, 2.75) is 11.4 Å². The van der Waals surface area contributed by atoms with Crippen LogP contribution in [0.4, 0.5) is 0 Å². The van der Waals surface area contributed by atoms with Crippen LogP contribution in [-0.4, -0.2) is 20.5 Å². The van der Waals surface area contributed by atoms with Gasteiger partial charge in [0.2, 0.25) is 22.1 Å². The van der Waals surface area contributed by atoms with E-state index in [-0.39, 0.29) is 18.2 Å². The van der Waals surface area contributed by atoms with Crippen LogP contribution >= 0.6 is 11.6 Å². The van der Waals surface area contributed by atoms with E-state index in [1.807, 2.05) is 0 Å². The number of carbonyl (C=O) groups is 1. The summed E-state index contributed by atoms with van der Waals surface area (Å²) in [4.78, 5) is 10.9. The van der Waals surface area contributed by atoms with Gasteiger partial charge < -0.3 is 9.47 Å². The summed E-state index contributed by atoms with van der Waals surface area (Å²) in [5.74, 6) is 1.23. The van der Waals surface area contributed by atoms with Crippen molar-refractivity contribution in [3.8, 4) is 11.5 Å². The van der Waals surface area contributed by atoms with Crippen molar-refractivity contribution in [3.63, 3.8) is 0 Å². The Kier molecular flexibility index (Phi) is 5.08. The van der Waals surface area contributed by atoms with Crippen LogP contribution in [0.3, 0.4) is 0 Å². The Morgan fingerprint density at radius 3 is 2.76 bits per heavy atom. The number of ether oxygens (including phenoxy) is 2. The monoisotopic (exact) mass is 379 g/mol. The standard InChI is InChI=1S/C17H14ClNO5S/c18-17(20)7-5-12-2-1-3-14(8-12)25(21,22)19-10-13-4-6-15-16(9-13)24-11-23-15/h1-9,19H,10-11H2/b7-5+. The first-order chi connectivity index (χ1) is 11.9. The van der Waals surface area contributed by atoms with Gasteiger partial charge in [-0.05, 0) is 53.1 Å². The molecule has 0 amide bonds. The Morgan fingerprint density at radius 1 is 1.16 bits per heavy atom. The number of fused-ring (bicyclic) bond motifs is 1. The fraction of sp³-hybridized carbons (Fsp3) is 0.118. The minimum atomic E-state index is -3.71. The minimum absolute atomic E-state index is 0.0948. The van der Waals surface area contributed by atoms with Crippen molar-refractivity contribution in [3.05, 3.63) is 59.7 Å². The molecule has 0 atom stereocenters. The van der Waals surface area contributed by atoms with Crippen LogP contribution in [-0.2, 0) is 21.4 Å². The summed E-state index contributed by atoms with van der Waals surface area (Å²) in [7, 11) is -3.71. The molecule has 1 N–H and O–H groups in total. The Bertz CT molecular complexity index is 940. The van der Waals surface area contributed by atoms with Gasteiger partial charge in [-0.3, -0.25) is 4.79 Å². The summed E-state index contributed by atoms with van der Waals surface area (Å²) < 4.78 is 37.9. The van der Waals surface area contributed by atoms with Gasteiger partial charge in [0.05, 0.1) is 4.90 Å². The Labute approximate surface area is 150 Å². The van der Waals surface area contributed by atoms with Crippen molar-refractivity contribution in [2.24, 2.45) is 0 Å². The molecule has 0 radical (unpaired) electrons. The fourth-order valence-electron chi connectivity index (χ4n) is 2.26. The topological polar surface area (TPSA) is 81.7 Å². The second-order valence-electron chi connectivity index (χ2n) is 5.22. The number of hydrogen-bond donors (Lipinski definition) is 1. The molecule has 0 spiro atoms. The zero-order chi connectivity index (χ0) is 17.9. The van der Waals surface area contributed by atoms with E-state index >= 15 is 0 Å². The number of carbonyl (C=O) groups excluding carboxylic acids is 1. The summed E-state index contributed by atoms with van der Waals surface area (Å²) >= 11 is 5.24. The highest BCUT2D eigenvalue weighted by Crippen LogP contribution is 2.32. The van der Waals surface area contributed by atoms with Crippen LogP contribution in [0.2, 0.25) is 0 Å². The van der Waals surface area contributed by atoms with Crippen molar-refractivity contribution < 1.29 is 22.7 Å². The highest BCUT2D eigenvalue weighted by molar-refractivity contribution is 7.89. The Balaban J connectivity index is 1.73. The average molecular weight is 380 g/mol. The highest BCUT2D eigenvalue weighted by Gasteiger charge is 2.16. The zero-order valence-corrected chi connectivity index (χ0v) is 14.5. The molecular formula is C17H14ClNO5S. The van der Waals surface area contributed by atoms with Gasteiger partial charge in [-0.25, -0.2) is 13.1 Å². The molecule has 2 aromatic carbocycles. The lowest BCUT2D eigenvalue weighted by molar-refractivity contribution is -0.107. The summed E-state index contributed by atoms with van der Waals surface area (Å²) in [5.41, 5.74) is 1.30.